The molecule has 1 nitrogen and oxygen atoms in total. The van der Waals surface area contributed by atoms with Crippen LogP contribution in [0.1, 0.15) is 34.0 Å². The second-order valence-electron chi connectivity index (χ2n) is 4.32. The van der Waals surface area contributed by atoms with E-state index in [1.54, 1.807) is 0 Å². The molecule has 0 saturated heterocycles. The van der Waals surface area contributed by atoms with Gasteiger partial charge in [-0.1, -0.05) is 37.3 Å². The van der Waals surface area contributed by atoms with Gasteiger partial charge in [0.05, 0.1) is 0 Å². The molecule has 0 atom stereocenters. The fraction of sp³-hybridized carbons (Fsp3) is 0.188. The first-order valence-electron chi connectivity index (χ1n) is 6.02. The third kappa shape index (κ3) is 2.64. The lowest BCUT2D eigenvalue weighted by Gasteiger charge is -2.07. The lowest BCUT2D eigenvalue weighted by Crippen LogP contribution is -2.05. The third-order valence-corrected chi connectivity index (χ3v) is 4.47. The summed E-state index contributed by atoms with van der Waals surface area (Å²) in [6.07, 6.45) is 0.950. The summed E-state index contributed by atoms with van der Waals surface area (Å²) in [7, 11) is 0. The maximum absolute atomic E-state index is 12.5. The van der Waals surface area contributed by atoms with Crippen molar-refractivity contribution in [2.75, 3.05) is 0 Å². The molecule has 0 N–H and O–H groups in total. The first-order chi connectivity index (χ1) is 8.63. The van der Waals surface area contributed by atoms with Crippen molar-refractivity contribution in [3.63, 3.8) is 0 Å². The molecule has 2 rings (SSSR count). The van der Waals surface area contributed by atoms with Gasteiger partial charge in [-0.2, -0.15) is 0 Å². The molecule has 0 fully saturated rings. The molecule has 0 heterocycles. The van der Waals surface area contributed by atoms with E-state index in [2.05, 4.69) is 35.6 Å². The smallest absolute Gasteiger partial charge is 0.194 e. The molecule has 18 heavy (non-hydrogen) atoms. The van der Waals surface area contributed by atoms with Gasteiger partial charge in [-0.05, 0) is 59.2 Å². The molecule has 0 radical (unpaired) electrons. The number of carbonyl (C=O) groups excluding carboxylic acids is 1. The van der Waals surface area contributed by atoms with E-state index in [4.69, 9.17) is 0 Å². The lowest BCUT2D eigenvalue weighted by atomic mass is 9.99. The van der Waals surface area contributed by atoms with Crippen LogP contribution in [0.15, 0.2) is 42.5 Å². The number of hydrogen-bond donors (Lipinski definition) is 0. The zero-order chi connectivity index (χ0) is 13.1. The van der Waals surface area contributed by atoms with Crippen LogP contribution < -0.4 is 0 Å². The number of ketones is 1. The highest BCUT2D eigenvalue weighted by molar-refractivity contribution is 14.1. The van der Waals surface area contributed by atoms with Gasteiger partial charge in [-0.3, -0.25) is 4.79 Å². The Morgan fingerprint density at radius 3 is 2.61 bits per heavy atom. The molecule has 0 unspecified atom stereocenters. The van der Waals surface area contributed by atoms with Crippen LogP contribution in [-0.2, 0) is 6.42 Å². The minimum atomic E-state index is 0.110. The first-order valence-corrected chi connectivity index (χ1v) is 7.10. The lowest BCUT2D eigenvalue weighted by molar-refractivity contribution is 0.103. The minimum absolute atomic E-state index is 0.110. The summed E-state index contributed by atoms with van der Waals surface area (Å²) in [6, 6.07) is 13.7. The van der Waals surface area contributed by atoms with E-state index in [1.807, 2.05) is 43.3 Å². The van der Waals surface area contributed by atoms with Crippen LogP contribution in [0, 0.1) is 10.5 Å². The monoisotopic (exact) mass is 350 g/mol. The zero-order valence-corrected chi connectivity index (χ0v) is 12.7. The van der Waals surface area contributed by atoms with Gasteiger partial charge in [-0.15, -0.1) is 0 Å². The van der Waals surface area contributed by atoms with Crippen LogP contribution in [-0.4, -0.2) is 5.78 Å². The predicted octanol–water partition coefficient (Wildman–Crippen LogP) is 4.39. The molecule has 0 saturated carbocycles. The fourth-order valence-electron chi connectivity index (χ4n) is 1.91. The Morgan fingerprint density at radius 2 is 1.89 bits per heavy atom. The highest BCUT2D eigenvalue weighted by Gasteiger charge is 2.13. The first kappa shape index (κ1) is 13.3. The van der Waals surface area contributed by atoms with Gasteiger partial charge in [0.25, 0.3) is 0 Å². The molecule has 2 heteroatoms. The van der Waals surface area contributed by atoms with Crippen LogP contribution in [0.4, 0.5) is 0 Å². The van der Waals surface area contributed by atoms with E-state index < -0.39 is 0 Å². The summed E-state index contributed by atoms with van der Waals surface area (Å²) in [6.45, 7) is 4.13. The van der Waals surface area contributed by atoms with Crippen molar-refractivity contribution < 1.29 is 4.79 Å². The predicted molar refractivity (Wildman–Crippen MR) is 83.1 cm³/mol. The molecule has 2 aromatic carbocycles. The minimum Gasteiger partial charge on any atom is -0.289 e. The second kappa shape index (κ2) is 5.65. The number of carbonyl (C=O) groups is 1. The van der Waals surface area contributed by atoms with Crippen molar-refractivity contribution in [3.8, 4) is 0 Å². The SMILES string of the molecule is CCc1cccc(C(=O)c2cccc(C)c2I)c1. The van der Waals surface area contributed by atoms with Crippen LogP contribution in [0.2, 0.25) is 0 Å². The summed E-state index contributed by atoms with van der Waals surface area (Å²) < 4.78 is 1.04. The van der Waals surface area contributed by atoms with Crippen LogP contribution >= 0.6 is 22.6 Å². The summed E-state index contributed by atoms with van der Waals surface area (Å²) in [5.74, 6) is 0.110. The van der Waals surface area contributed by atoms with E-state index in [-0.39, 0.29) is 5.78 Å². The van der Waals surface area contributed by atoms with E-state index in [0.29, 0.717) is 0 Å². The number of rotatable bonds is 3. The fourth-order valence-corrected chi connectivity index (χ4v) is 2.52. The zero-order valence-electron chi connectivity index (χ0n) is 10.5. The average Bonchev–Trinajstić information content (AvgIpc) is 2.41. The van der Waals surface area contributed by atoms with E-state index >= 15 is 0 Å². The van der Waals surface area contributed by atoms with Gasteiger partial charge >= 0.3 is 0 Å². The molecule has 0 amide bonds. The molecule has 0 bridgehead atoms. The molecule has 0 aromatic heterocycles. The summed E-state index contributed by atoms with van der Waals surface area (Å²) in [4.78, 5) is 12.5. The molecule has 0 spiro atoms. The normalized spacial score (nSPS) is 10.4. The Bertz CT molecular complexity index is 587. The van der Waals surface area contributed by atoms with Gasteiger partial charge in [0, 0.05) is 14.7 Å². The summed E-state index contributed by atoms with van der Waals surface area (Å²) in [5, 5.41) is 0. The quantitative estimate of drug-likeness (QED) is 0.593. The standard InChI is InChI=1S/C16H15IO/c1-3-12-7-5-8-13(10-12)16(18)14-9-4-6-11(2)15(14)17/h4-10H,3H2,1-2H3. The Balaban J connectivity index is 2.44. The maximum Gasteiger partial charge on any atom is 0.194 e. The Labute approximate surface area is 121 Å². The molecule has 0 aliphatic carbocycles. The van der Waals surface area contributed by atoms with Crippen LogP contribution in [0.5, 0.6) is 0 Å². The Kier molecular flexibility index (Phi) is 4.17. The van der Waals surface area contributed by atoms with Crippen molar-refractivity contribution in [1.82, 2.24) is 0 Å². The van der Waals surface area contributed by atoms with Crippen molar-refractivity contribution in [2.45, 2.75) is 20.3 Å². The van der Waals surface area contributed by atoms with Crippen molar-refractivity contribution in [1.29, 1.82) is 0 Å². The molecule has 2 aromatic rings. The van der Waals surface area contributed by atoms with Gasteiger partial charge in [0.2, 0.25) is 0 Å². The van der Waals surface area contributed by atoms with E-state index in [0.717, 1.165) is 26.7 Å². The molecular formula is C16H15IO. The second-order valence-corrected chi connectivity index (χ2v) is 5.40. The number of aryl methyl sites for hydroxylation is 2. The van der Waals surface area contributed by atoms with Crippen molar-refractivity contribution in [3.05, 3.63) is 68.3 Å². The van der Waals surface area contributed by atoms with Crippen molar-refractivity contribution in [2.24, 2.45) is 0 Å². The number of benzene rings is 2. The molecular weight excluding hydrogens is 335 g/mol. The summed E-state index contributed by atoms with van der Waals surface area (Å²) >= 11 is 2.24. The largest absolute Gasteiger partial charge is 0.289 e. The highest BCUT2D eigenvalue weighted by Crippen LogP contribution is 2.20. The molecule has 92 valence electrons. The highest BCUT2D eigenvalue weighted by atomic mass is 127. The van der Waals surface area contributed by atoms with Gasteiger partial charge in [0.15, 0.2) is 5.78 Å². The van der Waals surface area contributed by atoms with Gasteiger partial charge < -0.3 is 0 Å². The van der Waals surface area contributed by atoms with Crippen molar-refractivity contribution >= 4 is 28.4 Å². The summed E-state index contributed by atoms with van der Waals surface area (Å²) in [5.41, 5.74) is 3.92. The average molecular weight is 350 g/mol. The third-order valence-electron chi connectivity index (χ3n) is 3.03. The number of halogens is 1. The van der Waals surface area contributed by atoms with Gasteiger partial charge in [0.1, 0.15) is 0 Å². The van der Waals surface area contributed by atoms with Crippen LogP contribution in [0.3, 0.4) is 0 Å². The van der Waals surface area contributed by atoms with E-state index in [9.17, 15) is 4.79 Å². The number of hydrogen-bond acceptors (Lipinski definition) is 1. The molecule has 0 aliphatic heterocycles. The Morgan fingerprint density at radius 1 is 1.17 bits per heavy atom. The maximum atomic E-state index is 12.5. The Hall–Kier alpha value is -1.16. The molecule has 0 aliphatic rings. The van der Waals surface area contributed by atoms with Gasteiger partial charge in [-0.25, -0.2) is 0 Å². The van der Waals surface area contributed by atoms with E-state index in [1.165, 1.54) is 5.56 Å². The van der Waals surface area contributed by atoms with Crippen LogP contribution in [0.25, 0.3) is 0 Å². The topological polar surface area (TPSA) is 17.1 Å².